The lowest BCUT2D eigenvalue weighted by Gasteiger charge is -2.45. The zero-order valence-corrected chi connectivity index (χ0v) is 20.3. The second-order valence-electron chi connectivity index (χ2n) is 9.35. The summed E-state index contributed by atoms with van der Waals surface area (Å²) in [5.41, 5.74) is 3.33. The third-order valence-corrected chi connectivity index (χ3v) is 7.05. The van der Waals surface area contributed by atoms with E-state index in [0.717, 1.165) is 23.2 Å². The van der Waals surface area contributed by atoms with Gasteiger partial charge >= 0.3 is 0 Å². The van der Waals surface area contributed by atoms with Crippen molar-refractivity contribution in [3.8, 4) is 0 Å². The van der Waals surface area contributed by atoms with Gasteiger partial charge in [0.25, 0.3) is 11.8 Å². The molecule has 0 radical (unpaired) electrons. The molecule has 1 unspecified atom stereocenters. The van der Waals surface area contributed by atoms with Crippen molar-refractivity contribution < 1.29 is 14.0 Å². The molecular weight excluding hydrogens is 437 g/mol. The zero-order chi connectivity index (χ0) is 24.1. The maximum atomic E-state index is 15.2. The maximum Gasteiger partial charge on any atom is 0.270 e. The normalized spacial score (nSPS) is 21.3. The molecule has 2 heterocycles. The van der Waals surface area contributed by atoms with E-state index in [1.807, 2.05) is 32.2 Å². The van der Waals surface area contributed by atoms with E-state index in [-0.39, 0.29) is 27.7 Å². The van der Waals surface area contributed by atoms with Gasteiger partial charge in [-0.15, -0.1) is 0 Å². The van der Waals surface area contributed by atoms with Gasteiger partial charge in [-0.2, -0.15) is 0 Å². The maximum absolute atomic E-state index is 15.2. The van der Waals surface area contributed by atoms with Crippen molar-refractivity contribution in [1.29, 1.82) is 0 Å². The van der Waals surface area contributed by atoms with Gasteiger partial charge < -0.3 is 4.90 Å². The first-order valence-corrected chi connectivity index (χ1v) is 11.5. The standard InChI is InChI=1S/C26H28FN3O2S/c1-6-16-9-7-8-10-21(16)30-24(32)19(23(31)28-25(30)33)12-17-11-18-15(2)14-26(3,4)29(5)22(18)13-20(17)27/h7-13,15H,6,14H2,1-5H3,(H,28,31,33)/b19-12-. The lowest BCUT2D eigenvalue weighted by atomic mass is 9.80. The number of fused-ring (bicyclic) bond motifs is 1. The lowest BCUT2D eigenvalue weighted by Crippen LogP contribution is -2.54. The summed E-state index contributed by atoms with van der Waals surface area (Å²) in [6.45, 7) is 8.37. The number of hydrogen-bond acceptors (Lipinski definition) is 4. The van der Waals surface area contributed by atoms with Gasteiger partial charge in [0, 0.05) is 23.8 Å². The van der Waals surface area contributed by atoms with Crippen LogP contribution in [0.3, 0.4) is 0 Å². The van der Waals surface area contributed by atoms with Crippen LogP contribution >= 0.6 is 12.2 Å². The molecule has 2 aromatic rings. The monoisotopic (exact) mass is 465 g/mol. The van der Waals surface area contributed by atoms with Gasteiger partial charge in [0.1, 0.15) is 11.4 Å². The molecular formula is C26H28FN3O2S. The molecule has 1 atom stereocenters. The van der Waals surface area contributed by atoms with E-state index in [1.165, 1.54) is 17.0 Å². The number of halogens is 1. The molecule has 7 heteroatoms. The summed E-state index contributed by atoms with van der Waals surface area (Å²) in [5.74, 6) is -1.46. The Hall–Kier alpha value is -3.06. The third kappa shape index (κ3) is 3.95. The van der Waals surface area contributed by atoms with Gasteiger partial charge in [0.2, 0.25) is 0 Å². The van der Waals surface area contributed by atoms with Crippen LogP contribution in [-0.4, -0.2) is 29.5 Å². The molecule has 5 nitrogen and oxygen atoms in total. The van der Waals surface area contributed by atoms with Crippen LogP contribution in [0.25, 0.3) is 6.08 Å². The van der Waals surface area contributed by atoms with E-state index in [9.17, 15) is 9.59 Å². The van der Waals surface area contributed by atoms with E-state index in [1.54, 1.807) is 12.1 Å². The SMILES string of the molecule is CCc1ccccc1N1C(=O)/C(=C\c2cc3c(cc2F)N(C)C(C)(C)CC3C)C(=O)NC1=S. The Labute approximate surface area is 199 Å². The van der Waals surface area contributed by atoms with Crippen molar-refractivity contribution in [2.24, 2.45) is 0 Å². The average Bonchev–Trinajstić information content (AvgIpc) is 2.75. The van der Waals surface area contributed by atoms with Gasteiger partial charge in [-0.25, -0.2) is 4.39 Å². The molecule has 0 aliphatic carbocycles. The number of nitrogens with zero attached hydrogens (tertiary/aromatic N) is 2. The lowest BCUT2D eigenvalue weighted by molar-refractivity contribution is -0.122. The smallest absolute Gasteiger partial charge is 0.270 e. The van der Waals surface area contributed by atoms with Gasteiger partial charge in [-0.05, 0) is 80.2 Å². The topological polar surface area (TPSA) is 52.7 Å². The molecule has 0 spiro atoms. The van der Waals surface area contributed by atoms with Crippen molar-refractivity contribution in [3.05, 3.63) is 64.5 Å². The Kier molecular flexibility index (Phi) is 5.86. The first kappa shape index (κ1) is 23.1. The Morgan fingerprint density at radius 2 is 1.91 bits per heavy atom. The summed E-state index contributed by atoms with van der Waals surface area (Å²) in [4.78, 5) is 29.5. The van der Waals surface area contributed by atoms with E-state index in [0.29, 0.717) is 12.1 Å². The number of hydrogen-bond donors (Lipinski definition) is 1. The number of anilines is 2. The van der Waals surface area contributed by atoms with Crippen LogP contribution in [0.1, 0.15) is 56.7 Å². The molecule has 33 heavy (non-hydrogen) atoms. The highest BCUT2D eigenvalue weighted by Crippen LogP contribution is 2.43. The summed E-state index contributed by atoms with van der Waals surface area (Å²) in [7, 11) is 1.96. The van der Waals surface area contributed by atoms with E-state index in [2.05, 4.69) is 31.0 Å². The molecule has 0 bridgehead atoms. The number of amides is 2. The summed E-state index contributed by atoms with van der Waals surface area (Å²) in [6.07, 6.45) is 2.94. The molecule has 2 aliphatic heterocycles. The highest BCUT2D eigenvalue weighted by Gasteiger charge is 2.37. The number of para-hydroxylation sites is 1. The molecule has 2 amide bonds. The van der Waals surface area contributed by atoms with Gasteiger partial charge in [0.05, 0.1) is 5.69 Å². The molecule has 2 aliphatic rings. The number of rotatable bonds is 3. The second kappa shape index (κ2) is 8.37. The minimum atomic E-state index is -0.626. The van der Waals surface area contributed by atoms with Crippen molar-refractivity contribution >= 4 is 46.6 Å². The summed E-state index contributed by atoms with van der Waals surface area (Å²) in [5, 5.41) is 2.61. The zero-order valence-electron chi connectivity index (χ0n) is 19.5. The fraction of sp³-hybridized carbons (Fsp3) is 0.346. The second-order valence-corrected chi connectivity index (χ2v) is 9.74. The van der Waals surface area contributed by atoms with Crippen molar-refractivity contribution in [1.82, 2.24) is 5.32 Å². The number of carbonyl (C=O) groups is 2. The van der Waals surface area contributed by atoms with Crippen LogP contribution in [-0.2, 0) is 16.0 Å². The van der Waals surface area contributed by atoms with Crippen LogP contribution in [0.15, 0.2) is 42.0 Å². The fourth-order valence-electron chi connectivity index (χ4n) is 4.77. The van der Waals surface area contributed by atoms with E-state index in [4.69, 9.17) is 12.2 Å². The van der Waals surface area contributed by atoms with Gasteiger partial charge in [-0.3, -0.25) is 19.8 Å². The Morgan fingerprint density at radius 1 is 1.21 bits per heavy atom. The van der Waals surface area contributed by atoms with Crippen molar-refractivity contribution in [3.63, 3.8) is 0 Å². The molecule has 4 rings (SSSR count). The first-order chi connectivity index (χ1) is 15.5. The molecule has 0 saturated carbocycles. The van der Waals surface area contributed by atoms with Crippen LogP contribution in [0.5, 0.6) is 0 Å². The minimum Gasteiger partial charge on any atom is -0.369 e. The third-order valence-electron chi connectivity index (χ3n) is 6.77. The van der Waals surface area contributed by atoms with E-state index >= 15 is 4.39 Å². The van der Waals surface area contributed by atoms with Crippen LogP contribution < -0.4 is 15.1 Å². The predicted octanol–water partition coefficient (Wildman–Crippen LogP) is 4.94. The molecule has 172 valence electrons. The molecule has 1 fully saturated rings. The predicted molar refractivity (Wildman–Crippen MR) is 134 cm³/mol. The molecule has 1 N–H and O–H groups in total. The Morgan fingerprint density at radius 3 is 2.61 bits per heavy atom. The van der Waals surface area contributed by atoms with Gasteiger partial charge in [0.15, 0.2) is 5.11 Å². The first-order valence-electron chi connectivity index (χ1n) is 11.1. The number of nitrogens with one attached hydrogen (secondary N) is 1. The number of aryl methyl sites for hydroxylation is 1. The molecule has 1 saturated heterocycles. The largest absolute Gasteiger partial charge is 0.369 e. The Bertz CT molecular complexity index is 1200. The molecule has 2 aromatic carbocycles. The van der Waals surface area contributed by atoms with Crippen LogP contribution in [0, 0.1) is 5.82 Å². The number of carbonyl (C=O) groups excluding carboxylic acids is 2. The summed E-state index contributed by atoms with van der Waals surface area (Å²) >= 11 is 5.31. The van der Waals surface area contributed by atoms with Gasteiger partial charge in [-0.1, -0.05) is 32.0 Å². The van der Waals surface area contributed by atoms with E-state index < -0.39 is 17.6 Å². The van der Waals surface area contributed by atoms with Crippen molar-refractivity contribution in [2.75, 3.05) is 16.8 Å². The number of thiocarbonyl (C=S) groups is 1. The van der Waals surface area contributed by atoms with Crippen LogP contribution in [0.2, 0.25) is 0 Å². The summed E-state index contributed by atoms with van der Waals surface area (Å²) in [6, 6.07) is 10.7. The van der Waals surface area contributed by atoms with Crippen LogP contribution in [0.4, 0.5) is 15.8 Å². The Balaban J connectivity index is 1.79. The quantitative estimate of drug-likeness (QED) is 0.396. The number of benzene rings is 2. The highest BCUT2D eigenvalue weighted by atomic mass is 32.1. The average molecular weight is 466 g/mol. The molecule has 0 aromatic heterocycles. The fourth-order valence-corrected chi connectivity index (χ4v) is 5.05. The summed E-state index contributed by atoms with van der Waals surface area (Å²) < 4.78 is 15.2. The van der Waals surface area contributed by atoms with Crippen molar-refractivity contribution in [2.45, 2.75) is 52.0 Å². The highest BCUT2D eigenvalue weighted by molar-refractivity contribution is 7.80. The minimum absolute atomic E-state index is 0.0199.